The standard InChI is InChI=1S/C16H24/c1-10(2)9-16-13-5-3-11(7-13)15(16)12-4-6-14(16)8-12/h3,5,10-15H,4,6-9H2,1-2H3. The lowest BCUT2D eigenvalue weighted by Gasteiger charge is -2.46. The predicted molar refractivity (Wildman–Crippen MR) is 66.9 cm³/mol. The third-order valence-corrected chi connectivity index (χ3v) is 6.39. The number of fused-ring (bicyclic) bond motifs is 9. The summed E-state index contributed by atoms with van der Waals surface area (Å²) >= 11 is 0. The van der Waals surface area contributed by atoms with E-state index < -0.39 is 0 Å². The van der Waals surface area contributed by atoms with E-state index in [0.717, 1.165) is 40.9 Å². The van der Waals surface area contributed by atoms with E-state index in [1.54, 1.807) is 19.3 Å². The van der Waals surface area contributed by atoms with Crippen LogP contribution in [0.3, 0.4) is 0 Å². The van der Waals surface area contributed by atoms with Gasteiger partial charge in [-0.1, -0.05) is 26.0 Å². The fourth-order valence-corrected chi connectivity index (χ4v) is 6.39. The van der Waals surface area contributed by atoms with Crippen LogP contribution in [0.4, 0.5) is 0 Å². The van der Waals surface area contributed by atoms with E-state index in [2.05, 4.69) is 26.0 Å². The van der Waals surface area contributed by atoms with E-state index in [-0.39, 0.29) is 0 Å². The molecule has 6 unspecified atom stereocenters. The van der Waals surface area contributed by atoms with E-state index >= 15 is 0 Å². The van der Waals surface area contributed by atoms with Gasteiger partial charge in [0.1, 0.15) is 0 Å². The highest BCUT2D eigenvalue weighted by molar-refractivity contribution is 5.25. The van der Waals surface area contributed by atoms with E-state index in [4.69, 9.17) is 0 Å². The number of rotatable bonds is 2. The monoisotopic (exact) mass is 216 g/mol. The van der Waals surface area contributed by atoms with Gasteiger partial charge in [-0.2, -0.15) is 0 Å². The lowest BCUT2D eigenvalue weighted by Crippen LogP contribution is -2.40. The molecule has 3 saturated carbocycles. The predicted octanol–water partition coefficient (Wildman–Crippen LogP) is 4.27. The molecular weight excluding hydrogens is 192 g/mol. The van der Waals surface area contributed by atoms with Gasteiger partial charge in [-0.05, 0) is 73.0 Å². The normalized spacial score (nSPS) is 56.6. The first-order valence-electron chi connectivity index (χ1n) is 7.40. The molecule has 3 fully saturated rings. The molecule has 0 nitrogen and oxygen atoms in total. The van der Waals surface area contributed by atoms with Crippen LogP contribution < -0.4 is 0 Å². The molecule has 4 bridgehead atoms. The van der Waals surface area contributed by atoms with Crippen LogP contribution in [0.25, 0.3) is 0 Å². The first-order chi connectivity index (χ1) is 7.72. The lowest BCUT2D eigenvalue weighted by atomic mass is 9.58. The zero-order valence-electron chi connectivity index (χ0n) is 10.7. The minimum Gasteiger partial charge on any atom is -0.0848 e. The SMILES string of the molecule is CC(C)CC12C3C=CC(C3)C1C1CCC2C1. The Kier molecular flexibility index (Phi) is 1.79. The second-order valence-electron chi connectivity index (χ2n) is 7.40. The van der Waals surface area contributed by atoms with Gasteiger partial charge >= 0.3 is 0 Å². The molecule has 0 amide bonds. The van der Waals surface area contributed by atoms with Crippen LogP contribution in [0.2, 0.25) is 0 Å². The van der Waals surface area contributed by atoms with Gasteiger partial charge < -0.3 is 0 Å². The van der Waals surface area contributed by atoms with Gasteiger partial charge in [-0.15, -0.1) is 0 Å². The fourth-order valence-electron chi connectivity index (χ4n) is 6.39. The summed E-state index contributed by atoms with van der Waals surface area (Å²) in [5, 5.41) is 0. The van der Waals surface area contributed by atoms with Crippen LogP contribution in [-0.2, 0) is 0 Å². The van der Waals surface area contributed by atoms with Crippen LogP contribution in [0.15, 0.2) is 12.2 Å². The fraction of sp³-hybridized carbons (Fsp3) is 0.875. The van der Waals surface area contributed by atoms with Gasteiger partial charge in [-0.3, -0.25) is 0 Å². The van der Waals surface area contributed by atoms with Crippen molar-refractivity contribution < 1.29 is 0 Å². The van der Waals surface area contributed by atoms with Crippen molar-refractivity contribution in [2.75, 3.05) is 0 Å². The molecule has 6 atom stereocenters. The van der Waals surface area contributed by atoms with E-state index in [9.17, 15) is 0 Å². The Morgan fingerprint density at radius 3 is 2.88 bits per heavy atom. The molecule has 4 rings (SSSR count). The number of allylic oxidation sites excluding steroid dienone is 2. The molecule has 88 valence electrons. The molecule has 16 heavy (non-hydrogen) atoms. The Hall–Kier alpha value is -0.260. The third kappa shape index (κ3) is 0.939. The van der Waals surface area contributed by atoms with Crippen LogP contribution >= 0.6 is 0 Å². The van der Waals surface area contributed by atoms with Crippen molar-refractivity contribution in [3.8, 4) is 0 Å². The highest BCUT2D eigenvalue weighted by Crippen LogP contribution is 2.74. The quantitative estimate of drug-likeness (QED) is 0.477. The van der Waals surface area contributed by atoms with E-state index in [1.165, 1.54) is 12.8 Å². The van der Waals surface area contributed by atoms with Crippen molar-refractivity contribution in [1.82, 2.24) is 0 Å². The summed E-state index contributed by atoms with van der Waals surface area (Å²) in [4.78, 5) is 0. The van der Waals surface area contributed by atoms with Crippen molar-refractivity contribution in [3.05, 3.63) is 12.2 Å². The van der Waals surface area contributed by atoms with Gasteiger partial charge in [0.15, 0.2) is 0 Å². The average Bonchev–Trinajstić information content (AvgIpc) is 2.94. The number of hydrogen-bond acceptors (Lipinski definition) is 0. The minimum absolute atomic E-state index is 0.774. The highest BCUT2D eigenvalue weighted by atomic mass is 14.7. The molecule has 0 aromatic rings. The van der Waals surface area contributed by atoms with Crippen LogP contribution in [0, 0.1) is 40.9 Å². The second kappa shape index (κ2) is 2.94. The van der Waals surface area contributed by atoms with E-state index in [0.29, 0.717) is 0 Å². The van der Waals surface area contributed by atoms with Crippen molar-refractivity contribution in [2.24, 2.45) is 40.9 Å². The zero-order chi connectivity index (χ0) is 10.9. The molecule has 0 N–H and O–H groups in total. The molecule has 4 aliphatic carbocycles. The molecule has 0 aromatic heterocycles. The molecule has 0 aromatic carbocycles. The Balaban J connectivity index is 1.78. The Morgan fingerprint density at radius 1 is 1.19 bits per heavy atom. The maximum absolute atomic E-state index is 2.60. The van der Waals surface area contributed by atoms with Crippen molar-refractivity contribution in [1.29, 1.82) is 0 Å². The molecule has 0 heterocycles. The van der Waals surface area contributed by atoms with Crippen LogP contribution in [-0.4, -0.2) is 0 Å². The van der Waals surface area contributed by atoms with Crippen LogP contribution in [0.5, 0.6) is 0 Å². The van der Waals surface area contributed by atoms with Gasteiger partial charge in [0.25, 0.3) is 0 Å². The third-order valence-electron chi connectivity index (χ3n) is 6.39. The Labute approximate surface area is 99.5 Å². The second-order valence-corrected chi connectivity index (χ2v) is 7.40. The Bertz CT molecular complexity index is 340. The summed E-state index contributed by atoms with van der Waals surface area (Å²) in [6, 6.07) is 0. The molecule has 0 spiro atoms. The smallest absolute Gasteiger partial charge is 0.0165 e. The van der Waals surface area contributed by atoms with Crippen molar-refractivity contribution >= 4 is 0 Å². The first-order valence-corrected chi connectivity index (χ1v) is 7.40. The Morgan fingerprint density at radius 2 is 2.06 bits per heavy atom. The van der Waals surface area contributed by atoms with Gasteiger partial charge in [0, 0.05) is 0 Å². The highest BCUT2D eigenvalue weighted by Gasteiger charge is 2.66. The van der Waals surface area contributed by atoms with Gasteiger partial charge in [0.2, 0.25) is 0 Å². The summed E-state index contributed by atoms with van der Waals surface area (Å²) in [5.74, 6) is 6.17. The van der Waals surface area contributed by atoms with Crippen molar-refractivity contribution in [2.45, 2.75) is 46.0 Å². The molecule has 0 aliphatic heterocycles. The molecule has 0 saturated heterocycles. The molecular formula is C16H24. The minimum atomic E-state index is 0.774. The van der Waals surface area contributed by atoms with Crippen molar-refractivity contribution in [3.63, 3.8) is 0 Å². The summed E-state index contributed by atoms with van der Waals surface area (Å²) < 4.78 is 0. The summed E-state index contributed by atoms with van der Waals surface area (Å²) in [6.07, 6.45) is 12.9. The summed E-state index contributed by atoms with van der Waals surface area (Å²) in [5.41, 5.74) is 0.774. The topological polar surface area (TPSA) is 0 Å². The summed E-state index contributed by atoms with van der Waals surface area (Å²) in [6.45, 7) is 4.88. The van der Waals surface area contributed by atoms with E-state index in [1.807, 2.05) is 0 Å². The number of hydrogen-bond donors (Lipinski definition) is 0. The summed E-state index contributed by atoms with van der Waals surface area (Å²) in [7, 11) is 0. The average molecular weight is 216 g/mol. The lowest BCUT2D eigenvalue weighted by molar-refractivity contribution is 0.0396. The molecule has 4 aliphatic rings. The maximum atomic E-state index is 2.60. The molecule has 0 heteroatoms. The maximum Gasteiger partial charge on any atom is -0.0165 e. The zero-order valence-corrected chi connectivity index (χ0v) is 10.7. The van der Waals surface area contributed by atoms with Crippen LogP contribution in [0.1, 0.15) is 46.0 Å². The largest absolute Gasteiger partial charge is 0.0848 e. The van der Waals surface area contributed by atoms with Gasteiger partial charge in [-0.25, -0.2) is 0 Å². The van der Waals surface area contributed by atoms with Gasteiger partial charge in [0.05, 0.1) is 0 Å². The first kappa shape index (κ1) is 9.74. The molecule has 0 radical (unpaired) electrons.